The first-order valence-electron chi connectivity index (χ1n) is 5.09. The molecule has 1 atom stereocenters. The highest BCUT2D eigenvalue weighted by molar-refractivity contribution is 5.80. The second-order valence-corrected chi connectivity index (χ2v) is 3.48. The van der Waals surface area contributed by atoms with E-state index in [9.17, 15) is 9.59 Å². The summed E-state index contributed by atoms with van der Waals surface area (Å²) < 4.78 is 0. The van der Waals surface area contributed by atoms with Gasteiger partial charge in [0.2, 0.25) is 5.91 Å². The molecule has 0 bridgehead atoms. The van der Waals surface area contributed by atoms with E-state index in [2.05, 4.69) is 10.6 Å². The fraction of sp³-hybridized carbons (Fsp3) is 0.778. The number of piperazine rings is 1. The van der Waals surface area contributed by atoms with Gasteiger partial charge in [0.25, 0.3) is 0 Å². The topological polar surface area (TPSA) is 81.7 Å². The van der Waals surface area contributed by atoms with E-state index in [1.807, 2.05) is 6.92 Å². The van der Waals surface area contributed by atoms with E-state index >= 15 is 0 Å². The Hall–Kier alpha value is -1.14. The lowest BCUT2D eigenvalue weighted by Gasteiger charge is -2.32. The van der Waals surface area contributed by atoms with Crippen LogP contribution in [0.25, 0.3) is 0 Å². The first kappa shape index (κ1) is 11.9. The lowest BCUT2D eigenvalue weighted by molar-refractivity contribution is -0.144. The standard InChI is InChI=1S/C9H17N3O3/c1-2-11-8(13)6-12-4-3-10-5-7(12)9(14)15/h7,10H,2-6H2,1H3,(H,11,13)(H,14,15). The number of carbonyl (C=O) groups is 2. The highest BCUT2D eigenvalue weighted by Crippen LogP contribution is 2.02. The Morgan fingerprint density at radius 2 is 2.33 bits per heavy atom. The zero-order valence-corrected chi connectivity index (χ0v) is 8.82. The van der Waals surface area contributed by atoms with E-state index in [-0.39, 0.29) is 12.5 Å². The van der Waals surface area contributed by atoms with Gasteiger partial charge in [0.1, 0.15) is 6.04 Å². The molecule has 6 heteroatoms. The quantitative estimate of drug-likeness (QED) is 0.530. The highest BCUT2D eigenvalue weighted by Gasteiger charge is 2.29. The van der Waals surface area contributed by atoms with Gasteiger partial charge in [0.15, 0.2) is 0 Å². The van der Waals surface area contributed by atoms with Gasteiger partial charge in [-0.1, -0.05) is 0 Å². The van der Waals surface area contributed by atoms with E-state index in [0.717, 1.165) is 6.54 Å². The molecule has 0 aromatic heterocycles. The molecule has 1 rings (SSSR count). The molecule has 0 radical (unpaired) electrons. The van der Waals surface area contributed by atoms with Crippen LogP contribution in [0, 0.1) is 0 Å². The number of carbonyl (C=O) groups excluding carboxylic acids is 1. The van der Waals surface area contributed by atoms with Crippen molar-refractivity contribution >= 4 is 11.9 Å². The van der Waals surface area contributed by atoms with Crippen molar-refractivity contribution in [1.29, 1.82) is 0 Å². The van der Waals surface area contributed by atoms with Crippen molar-refractivity contribution in [3.8, 4) is 0 Å². The van der Waals surface area contributed by atoms with Crippen molar-refractivity contribution in [2.45, 2.75) is 13.0 Å². The van der Waals surface area contributed by atoms with Gasteiger partial charge >= 0.3 is 5.97 Å². The molecule has 6 nitrogen and oxygen atoms in total. The minimum absolute atomic E-state index is 0.120. The van der Waals surface area contributed by atoms with Gasteiger partial charge in [-0.3, -0.25) is 14.5 Å². The average molecular weight is 215 g/mol. The van der Waals surface area contributed by atoms with Crippen molar-refractivity contribution in [2.24, 2.45) is 0 Å². The van der Waals surface area contributed by atoms with E-state index < -0.39 is 12.0 Å². The molecular weight excluding hydrogens is 198 g/mol. The number of nitrogens with one attached hydrogen (secondary N) is 2. The monoisotopic (exact) mass is 215 g/mol. The van der Waals surface area contributed by atoms with Crippen LogP contribution in [-0.2, 0) is 9.59 Å². The van der Waals surface area contributed by atoms with E-state index in [4.69, 9.17) is 5.11 Å². The van der Waals surface area contributed by atoms with Gasteiger partial charge < -0.3 is 15.7 Å². The molecule has 1 aliphatic heterocycles. The van der Waals surface area contributed by atoms with Crippen LogP contribution in [0.3, 0.4) is 0 Å². The molecule has 1 amide bonds. The van der Waals surface area contributed by atoms with Crippen molar-refractivity contribution in [3.63, 3.8) is 0 Å². The van der Waals surface area contributed by atoms with E-state index in [1.165, 1.54) is 0 Å². The first-order chi connectivity index (χ1) is 7.15. The van der Waals surface area contributed by atoms with Crippen molar-refractivity contribution in [1.82, 2.24) is 15.5 Å². The summed E-state index contributed by atoms with van der Waals surface area (Å²) in [5, 5.41) is 14.6. The molecular formula is C9H17N3O3. The Bertz CT molecular complexity index is 245. The summed E-state index contributed by atoms with van der Waals surface area (Å²) in [5.41, 5.74) is 0. The van der Waals surface area contributed by atoms with E-state index in [0.29, 0.717) is 19.6 Å². The molecule has 1 fully saturated rings. The Morgan fingerprint density at radius 3 is 2.93 bits per heavy atom. The molecule has 1 heterocycles. The molecule has 15 heavy (non-hydrogen) atoms. The van der Waals surface area contributed by atoms with Crippen LogP contribution in [0.2, 0.25) is 0 Å². The third-order valence-electron chi connectivity index (χ3n) is 2.36. The summed E-state index contributed by atoms with van der Waals surface area (Å²) in [6.07, 6.45) is 0. The summed E-state index contributed by atoms with van der Waals surface area (Å²) in [7, 11) is 0. The molecule has 0 saturated carbocycles. The Labute approximate surface area is 88.6 Å². The van der Waals surface area contributed by atoms with Crippen LogP contribution in [0.4, 0.5) is 0 Å². The largest absolute Gasteiger partial charge is 0.480 e. The van der Waals surface area contributed by atoms with Crippen LogP contribution in [0.15, 0.2) is 0 Å². The first-order valence-corrected chi connectivity index (χ1v) is 5.09. The summed E-state index contributed by atoms with van der Waals surface area (Å²) in [5.74, 6) is -1.00. The molecule has 3 N–H and O–H groups in total. The predicted molar refractivity (Wildman–Crippen MR) is 54.6 cm³/mol. The second kappa shape index (κ2) is 5.67. The number of hydrogen-bond donors (Lipinski definition) is 3. The van der Waals surface area contributed by atoms with Gasteiger partial charge in [-0.05, 0) is 6.92 Å². The van der Waals surface area contributed by atoms with Crippen molar-refractivity contribution in [2.75, 3.05) is 32.7 Å². The van der Waals surface area contributed by atoms with Gasteiger partial charge in [-0.25, -0.2) is 0 Å². The fourth-order valence-electron chi connectivity index (χ4n) is 1.62. The molecule has 0 aromatic carbocycles. The Kier molecular flexibility index (Phi) is 4.51. The lowest BCUT2D eigenvalue weighted by atomic mass is 10.2. The van der Waals surface area contributed by atoms with Gasteiger partial charge in [-0.15, -0.1) is 0 Å². The SMILES string of the molecule is CCNC(=O)CN1CCNCC1C(=O)O. The molecule has 1 unspecified atom stereocenters. The number of hydrogen-bond acceptors (Lipinski definition) is 4. The number of amides is 1. The number of nitrogens with zero attached hydrogens (tertiary/aromatic N) is 1. The predicted octanol–water partition coefficient (Wildman–Crippen LogP) is -1.52. The minimum atomic E-state index is -0.883. The van der Waals surface area contributed by atoms with Crippen LogP contribution >= 0.6 is 0 Å². The third kappa shape index (κ3) is 3.49. The van der Waals surface area contributed by atoms with Gasteiger partial charge in [0, 0.05) is 26.2 Å². The van der Waals surface area contributed by atoms with Crippen LogP contribution in [-0.4, -0.2) is 60.6 Å². The zero-order chi connectivity index (χ0) is 11.3. The number of likely N-dealkylation sites (N-methyl/N-ethyl adjacent to an activating group) is 1. The van der Waals surface area contributed by atoms with Crippen LogP contribution in [0.5, 0.6) is 0 Å². The number of carboxylic acid groups (broad SMARTS) is 1. The smallest absolute Gasteiger partial charge is 0.322 e. The summed E-state index contributed by atoms with van der Waals surface area (Å²) >= 11 is 0. The maximum Gasteiger partial charge on any atom is 0.322 e. The third-order valence-corrected chi connectivity index (χ3v) is 2.36. The van der Waals surface area contributed by atoms with Crippen LogP contribution in [0.1, 0.15) is 6.92 Å². The maximum absolute atomic E-state index is 11.3. The molecule has 1 aliphatic rings. The number of rotatable bonds is 4. The molecule has 0 spiro atoms. The average Bonchev–Trinajstić information content (AvgIpc) is 2.18. The van der Waals surface area contributed by atoms with E-state index in [1.54, 1.807) is 4.90 Å². The maximum atomic E-state index is 11.3. The minimum Gasteiger partial charge on any atom is -0.480 e. The van der Waals surface area contributed by atoms with Crippen molar-refractivity contribution in [3.05, 3.63) is 0 Å². The Morgan fingerprint density at radius 1 is 1.60 bits per heavy atom. The fourth-order valence-corrected chi connectivity index (χ4v) is 1.62. The molecule has 1 saturated heterocycles. The van der Waals surface area contributed by atoms with Gasteiger partial charge in [0.05, 0.1) is 6.54 Å². The van der Waals surface area contributed by atoms with Gasteiger partial charge in [-0.2, -0.15) is 0 Å². The van der Waals surface area contributed by atoms with Crippen LogP contribution < -0.4 is 10.6 Å². The highest BCUT2D eigenvalue weighted by atomic mass is 16.4. The summed E-state index contributed by atoms with van der Waals surface area (Å²) in [4.78, 5) is 23.9. The summed E-state index contributed by atoms with van der Waals surface area (Å²) in [6.45, 7) is 4.28. The molecule has 0 aromatic rings. The van der Waals surface area contributed by atoms with Crippen molar-refractivity contribution < 1.29 is 14.7 Å². The lowest BCUT2D eigenvalue weighted by Crippen LogP contribution is -2.57. The normalized spacial score (nSPS) is 22.3. The Balaban J connectivity index is 2.49. The zero-order valence-electron chi connectivity index (χ0n) is 8.82. The molecule has 86 valence electrons. The second-order valence-electron chi connectivity index (χ2n) is 3.48. The number of carboxylic acids is 1. The summed E-state index contributed by atoms with van der Waals surface area (Å²) in [6, 6.07) is -0.596. The number of aliphatic carboxylic acids is 1. The molecule has 0 aliphatic carbocycles.